The van der Waals surface area contributed by atoms with Crippen LogP contribution in [0.2, 0.25) is 0 Å². The van der Waals surface area contributed by atoms with E-state index in [9.17, 15) is 18.0 Å². The van der Waals surface area contributed by atoms with Crippen molar-refractivity contribution in [3.05, 3.63) is 119 Å². The van der Waals surface area contributed by atoms with Crippen LogP contribution in [0, 0.1) is 18.3 Å². The zero-order valence-corrected chi connectivity index (χ0v) is 25.5. The molecular formula is C33H33F3N6OS. The average Bonchev–Trinajstić information content (AvgIpc) is 3.39. The van der Waals surface area contributed by atoms with E-state index in [0.717, 1.165) is 17.2 Å². The van der Waals surface area contributed by atoms with Gasteiger partial charge in [0.05, 0.1) is 35.5 Å². The number of aromatic nitrogens is 2. The molecule has 0 unspecified atom stereocenters. The van der Waals surface area contributed by atoms with Crippen molar-refractivity contribution in [2.45, 2.75) is 52.0 Å². The fraction of sp³-hybridized carbons (Fsp3) is 0.273. The van der Waals surface area contributed by atoms with Gasteiger partial charge in [0.25, 0.3) is 0 Å². The van der Waals surface area contributed by atoms with Gasteiger partial charge in [0.2, 0.25) is 5.91 Å². The van der Waals surface area contributed by atoms with E-state index in [4.69, 9.17) is 17.5 Å². The van der Waals surface area contributed by atoms with Gasteiger partial charge in [-0.2, -0.15) is 18.4 Å². The fourth-order valence-electron chi connectivity index (χ4n) is 4.80. The van der Waals surface area contributed by atoms with Crippen LogP contribution in [-0.2, 0) is 30.5 Å². The first-order valence-corrected chi connectivity index (χ1v) is 14.3. The number of anilines is 1. The van der Waals surface area contributed by atoms with Gasteiger partial charge in [0.1, 0.15) is 0 Å². The lowest BCUT2D eigenvalue weighted by Crippen LogP contribution is -2.53. The topological polar surface area (TPSA) is 86.0 Å². The number of carbonyl (C=O) groups excluding carboxylic acids is 1. The zero-order valence-electron chi connectivity index (χ0n) is 24.7. The number of carbonyl (C=O) groups is 1. The minimum Gasteiger partial charge on any atom is -0.349 e. The van der Waals surface area contributed by atoms with Crippen molar-refractivity contribution in [3.63, 3.8) is 0 Å². The summed E-state index contributed by atoms with van der Waals surface area (Å²) in [5, 5.41) is 15.4. The predicted molar refractivity (Wildman–Crippen MR) is 168 cm³/mol. The van der Waals surface area contributed by atoms with Gasteiger partial charge in [-0.1, -0.05) is 48.0 Å². The maximum absolute atomic E-state index is 13.8. The first-order chi connectivity index (χ1) is 20.8. The molecule has 4 aromatic rings. The molecule has 1 aromatic heterocycles. The van der Waals surface area contributed by atoms with Gasteiger partial charge < -0.3 is 20.1 Å². The molecule has 0 aliphatic carbocycles. The van der Waals surface area contributed by atoms with E-state index in [1.165, 1.54) is 12.1 Å². The summed E-state index contributed by atoms with van der Waals surface area (Å²) < 4.78 is 43.4. The Labute approximate surface area is 260 Å². The molecule has 228 valence electrons. The Bertz CT molecular complexity index is 1640. The quantitative estimate of drug-likeness (QED) is 0.198. The molecule has 0 saturated heterocycles. The highest BCUT2D eigenvalue weighted by Crippen LogP contribution is 2.32. The Hall–Kier alpha value is -4.69. The van der Waals surface area contributed by atoms with Gasteiger partial charge in [-0.05, 0) is 74.4 Å². The normalized spacial score (nSPS) is 11.5. The number of imidazole rings is 1. The molecule has 0 radical (unpaired) electrons. The predicted octanol–water partition coefficient (Wildman–Crippen LogP) is 6.47. The standard InChI is InChI=1S/C33H33F3N6OS/c1-23-8-14-27(15-9-23)39-31(44)41(20-26-6-4-5-7-29(26)33(34,35)36)21-32(2,3)40-30(43)16-28-18-38-22-42(28)19-25-12-10-24(17-37)11-13-25/h4-15,18,22H,16,19-21H2,1-3H3,(H,39,44)(H,40,43). The Morgan fingerprint density at radius 2 is 1.73 bits per heavy atom. The molecule has 1 heterocycles. The fourth-order valence-corrected chi connectivity index (χ4v) is 5.05. The number of amides is 1. The highest BCUT2D eigenvalue weighted by molar-refractivity contribution is 7.80. The third-order valence-electron chi connectivity index (χ3n) is 6.91. The number of halogens is 3. The molecule has 0 atom stereocenters. The molecular weight excluding hydrogens is 585 g/mol. The number of aryl methyl sites for hydroxylation is 1. The molecule has 7 nitrogen and oxygen atoms in total. The summed E-state index contributed by atoms with van der Waals surface area (Å²) in [5.74, 6) is -0.273. The second kappa shape index (κ2) is 13.7. The molecule has 0 aliphatic heterocycles. The van der Waals surface area contributed by atoms with Gasteiger partial charge in [-0.25, -0.2) is 4.98 Å². The Kier molecular flexibility index (Phi) is 10.1. The number of nitrogens with zero attached hydrogens (tertiary/aromatic N) is 4. The van der Waals surface area contributed by atoms with Crippen LogP contribution >= 0.6 is 12.2 Å². The summed E-state index contributed by atoms with van der Waals surface area (Å²) in [6, 6.07) is 22.2. The van der Waals surface area contributed by atoms with Crippen LogP contribution in [0.3, 0.4) is 0 Å². The molecule has 0 spiro atoms. The number of alkyl halides is 3. The molecule has 11 heteroatoms. The summed E-state index contributed by atoms with van der Waals surface area (Å²) in [5.41, 5.74) is 2.42. The summed E-state index contributed by atoms with van der Waals surface area (Å²) in [6.07, 6.45) is -1.22. The van der Waals surface area contributed by atoms with Crippen molar-refractivity contribution >= 4 is 28.9 Å². The largest absolute Gasteiger partial charge is 0.416 e. The second-order valence-corrected chi connectivity index (χ2v) is 11.6. The SMILES string of the molecule is Cc1ccc(NC(=S)N(Cc2ccccc2C(F)(F)F)CC(C)(C)NC(=O)Cc2cncn2Cc2ccc(C#N)cc2)cc1. The second-order valence-electron chi connectivity index (χ2n) is 11.2. The number of nitrogens with one attached hydrogen (secondary N) is 2. The Balaban J connectivity index is 1.49. The first kappa shape index (κ1) is 32.2. The van der Waals surface area contributed by atoms with Crippen molar-refractivity contribution in [2.75, 3.05) is 11.9 Å². The highest BCUT2D eigenvalue weighted by Gasteiger charge is 2.34. The van der Waals surface area contributed by atoms with Gasteiger partial charge in [0, 0.05) is 37.2 Å². The molecule has 0 saturated carbocycles. The van der Waals surface area contributed by atoms with Crippen LogP contribution in [0.5, 0.6) is 0 Å². The van der Waals surface area contributed by atoms with E-state index in [-0.39, 0.29) is 36.1 Å². The van der Waals surface area contributed by atoms with E-state index in [0.29, 0.717) is 23.5 Å². The molecule has 0 fully saturated rings. The summed E-state index contributed by atoms with van der Waals surface area (Å²) in [6.45, 7) is 6.04. The van der Waals surface area contributed by atoms with E-state index in [1.807, 2.05) is 47.9 Å². The van der Waals surface area contributed by atoms with E-state index in [2.05, 4.69) is 21.7 Å². The summed E-state index contributed by atoms with van der Waals surface area (Å²) in [4.78, 5) is 19.1. The average molecular weight is 619 g/mol. The molecule has 3 aromatic carbocycles. The van der Waals surface area contributed by atoms with Gasteiger partial charge in [-0.3, -0.25) is 4.79 Å². The van der Waals surface area contributed by atoms with Gasteiger partial charge in [0.15, 0.2) is 5.11 Å². The number of hydrogen-bond donors (Lipinski definition) is 2. The smallest absolute Gasteiger partial charge is 0.349 e. The van der Waals surface area contributed by atoms with Crippen LogP contribution < -0.4 is 10.6 Å². The van der Waals surface area contributed by atoms with Crippen LogP contribution in [0.1, 0.15) is 47.4 Å². The molecule has 44 heavy (non-hydrogen) atoms. The maximum atomic E-state index is 13.8. The first-order valence-electron chi connectivity index (χ1n) is 13.9. The summed E-state index contributed by atoms with van der Waals surface area (Å²) in [7, 11) is 0. The number of nitriles is 1. The Morgan fingerprint density at radius 3 is 2.39 bits per heavy atom. The van der Waals surface area contributed by atoms with Crippen molar-refractivity contribution in [1.82, 2.24) is 19.8 Å². The van der Waals surface area contributed by atoms with Gasteiger partial charge >= 0.3 is 6.18 Å². The van der Waals surface area contributed by atoms with Crippen LogP contribution in [-0.4, -0.2) is 37.6 Å². The minimum atomic E-state index is -4.53. The van der Waals surface area contributed by atoms with Crippen molar-refractivity contribution < 1.29 is 18.0 Å². The van der Waals surface area contributed by atoms with Crippen LogP contribution in [0.4, 0.5) is 18.9 Å². The van der Waals surface area contributed by atoms with E-state index < -0.39 is 17.3 Å². The van der Waals surface area contributed by atoms with Crippen molar-refractivity contribution in [2.24, 2.45) is 0 Å². The van der Waals surface area contributed by atoms with Crippen molar-refractivity contribution in [1.29, 1.82) is 5.26 Å². The lowest BCUT2D eigenvalue weighted by atomic mass is 10.0. The van der Waals surface area contributed by atoms with E-state index >= 15 is 0 Å². The summed E-state index contributed by atoms with van der Waals surface area (Å²) >= 11 is 5.69. The highest BCUT2D eigenvalue weighted by atomic mass is 32.1. The van der Waals surface area contributed by atoms with Crippen LogP contribution in [0.15, 0.2) is 85.3 Å². The van der Waals surface area contributed by atoms with E-state index in [1.54, 1.807) is 49.5 Å². The molecule has 0 aliphatic rings. The number of hydrogen-bond acceptors (Lipinski definition) is 4. The number of thiocarbonyl (C=S) groups is 1. The lowest BCUT2D eigenvalue weighted by molar-refractivity contribution is -0.138. The minimum absolute atomic E-state index is 0.0443. The van der Waals surface area contributed by atoms with Crippen molar-refractivity contribution in [3.8, 4) is 6.07 Å². The van der Waals surface area contributed by atoms with Crippen LogP contribution in [0.25, 0.3) is 0 Å². The third kappa shape index (κ3) is 8.91. The van der Waals surface area contributed by atoms with Gasteiger partial charge in [-0.15, -0.1) is 0 Å². The molecule has 2 N–H and O–H groups in total. The third-order valence-corrected chi connectivity index (χ3v) is 7.27. The number of rotatable bonds is 10. The maximum Gasteiger partial charge on any atom is 0.416 e. The number of benzene rings is 3. The monoisotopic (exact) mass is 618 g/mol. The Morgan fingerprint density at radius 1 is 1.05 bits per heavy atom. The molecule has 0 bridgehead atoms. The molecule has 1 amide bonds. The zero-order chi connectivity index (χ0) is 31.9. The lowest BCUT2D eigenvalue weighted by Gasteiger charge is -2.35. The molecule has 4 rings (SSSR count).